The number of aryl methyl sites for hydroxylation is 1. The van der Waals surface area contributed by atoms with Gasteiger partial charge in [-0.2, -0.15) is 18.4 Å². The lowest BCUT2D eigenvalue weighted by molar-refractivity contribution is -0.141. The molecular formula is C16H18F3N5O2. The minimum atomic E-state index is -4.35. The number of carbonyl (C=O) groups is 1. The molecule has 0 aliphatic carbocycles. The summed E-state index contributed by atoms with van der Waals surface area (Å²) in [6, 6.07) is 1.97. The number of halogens is 3. The molecule has 26 heavy (non-hydrogen) atoms. The number of likely N-dealkylation sites (N-methyl/N-ethyl adjacent to an activating group) is 1. The standard InChI is InChI=1S/C16H18F3N5O2/c1-10-11(2)26-15(12(10)6-20)22-14(25)8-23(3)7-13-21-4-5-24(13)9-16(17,18)19/h4-5H,7-9H2,1-3H3,(H,22,25). The fourth-order valence-corrected chi connectivity index (χ4v) is 2.39. The van der Waals surface area contributed by atoms with Crippen LogP contribution in [0, 0.1) is 25.2 Å². The van der Waals surface area contributed by atoms with E-state index in [9.17, 15) is 18.0 Å². The lowest BCUT2D eigenvalue weighted by Gasteiger charge is -2.17. The zero-order valence-corrected chi connectivity index (χ0v) is 14.5. The molecule has 2 aromatic rings. The zero-order valence-electron chi connectivity index (χ0n) is 14.5. The maximum absolute atomic E-state index is 12.5. The molecule has 0 aliphatic rings. The molecule has 0 unspecified atom stereocenters. The van der Waals surface area contributed by atoms with Crippen molar-refractivity contribution in [2.45, 2.75) is 33.1 Å². The summed E-state index contributed by atoms with van der Waals surface area (Å²) in [7, 11) is 1.58. The Bertz CT molecular complexity index is 832. The minimum Gasteiger partial charge on any atom is -0.444 e. The molecule has 7 nitrogen and oxygen atoms in total. The zero-order chi connectivity index (χ0) is 19.5. The highest BCUT2D eigenvalue weighted by atomic mass is 19.4. The molecule has 2 aromatic heterocycles. The third-order valence-electron chi connectivity index (χ3n) is 3.73. The fourth-order valence-electron chi connectivity index (χ4n) is 2.39. The quantitative estimate of drug-likeness (QED) is 0.846. The molecule has 0 atom stereocenters. The van der Waals surface area contributed by atoms with Crippen LogP contribution in [-0.2, 0) is 17.9 Å². The molecule has 2 heterocycles. The number of hydrogen-bond donors (Lipinski definition) is 1. The van der Waals surface area contributed by atoms with Gasteiger partial charge in [-0.3, -0.25) is 15.0 Å². The van der Waals surface area contributed by atoms with Crippen LogP contribution in [0.5, 0.6) is 0 Å². The van der Waals surface area contributed by atoms with Gasteiger partial charge < -0.3 is 8.98 Å². The molecule has 0 aromatic carbocycles. The minimum absolute atomic E-state index is 0.0534. The number of rotatable bonds is 6. The molecule has 2 rings (SSSR count). The second-order valence-corrected chi connectivity index (χ2v) is 5.91. The SMILES string of the molecule is Cc1oc(NC(=O)CN(C)Cc2nccn2CC(F)(F)F)c(C#N)c1C. The van der Waals surface area contributed by atoms with Crippen molar-refractivity contribution in [1.29, 1.82) is 5.26 Å². The lowest BCUT2D eigenvalue weighted by Crippen LogP contribution is -2.31. The molecule has 1 amide bonds. The second kappa shape index (κ2) is 7.61. The van der Waals surface area contributed by atoms with E-state index in [0.717, 1.165) is 4.57 Å². The highest BCUT2D eigenvalue weighted by Gasteiger charge is 2.29. The first-order valence-corrected chi connectivity index (χ1v) is 7.66. The third kappa shape index (κ3) is 4.86. The van der Waals surface area contributed by atoms with E-state index < -0.39 is 18.6 Å². The van der Waals surface area contributed by atoms with Crippen molar-refractivity contribution in [1.82, 2.24) is 14.5 Å². The van der Waals surface area contributed by atoms with Crippen LogP contribution < -0.4 is 5.32 Å². The predicted molar refractivity (Wildman–Crippen MR) is 86.1 cm³/mol. The van der Waals surface area contributed by atoms with Crippen LogP contribution in [0.3, 0.4) is 0 Å². The average Bonchev–Trinajstić information content (AvgIpc) is 3.02. The van der Waals surface area contributed by atoms with Crippen molar-refractivity contribution < 1.29 is 22.4 Å². The van der Waals surface area contributed by atoms with Gasteiger partial charge in [0, 0.05) is 18.0 Å². The number of aromatic nitrogens is 2. The van der Waals surface area contributed by atoms with Gasteiger partial charge in [-0.1, -0.05) is 0 Å². The maximum atomic E-state index is 12.5. The van der Waals surface area contributed by atoms with E-state index in [1.54, 1.807) is 20.9 Å². The summed E-state index contributed by atoms with van der Waals surface area (Å²) in [6.07, 6.45) is -1.83. The molecule has 10 heteroatoms. The number of nitriles is 1. The maximum Gasteiger partial charge on any atom is 0.406 e. The topological polar surface area (TPSA) is 87.1 Å². The molecule has 0 fully saturated rings. The fraction of sp³-hybridized carbons (Fsp3) is 0.438. The van der Waals surface area contributed by atoms with Crippen molar-refractivity contribution in [2.24, 2.45) is 0 Å². The van der Waals surface area contributed by atoms with Gasteiger partial charge in [0.05, 0.1) is 13.1 Å². The Morgan fingerprint density at radius 3 is 2.77 bits per heavy atom. The number of carbonyl (C=O) groups excluding carboxylic acids is 1. The largest absolute Gasteiger partial charge is 0.444 e. The van der Waals surface area contributed by atoms with E-state index in [4.69, 9.17) is 9.68 Å². The molecule has 0 radical (unpaired) electrons. The molecule has 0 aliphatic heterocycles. The van der Waals surface area contributed by atoms with Crippen LogP contribution >= 0.6 is 0 Å². The Labute approximate surface area is 148 Å². The summed E-state index contributed by atoms with van der Waals surface area (Å²) < 4.78 is 43.9. The normalized spacial score (nSPS) is 11.6. The van der Waals surface area contributed by atoms with Crippen LogP contribution in [0.25, 0.3) is 0 Å². The number of alkyl halides is 3. The van der Waals surface area contributed by atoms with E-state index in [0.29, 0.717) is 11.3 Å². The van der Waals surface area contributed by atoms with Crippen molar-refractivity contribution in [3.8, 4) is 6.07 Å². The smallest absolute Gasteiger partial charge is 0.406 e. The van der Waals surface area contributed by atoms with E-state index in [2.05, 4.69) is 10.3 Å². The van der Waals surface area contributed by atoms with Crippen molar-refractivity contribution in [2.75, 3.05) is 18.9 Å². The van der Waals surface area contributed by atoms with Crippen molar-refractivity contribution in [3.05, 3.63) is 35.1 Å². The molecular weight excluding hydrogens is 351 g/mol. The predicted octanol–water partition coefficient (Wildman–Crippen LogP) is 2.60. The lowest BCUT2D eigenvalue weighted by atomic mass is 10.2. The summed E-state index contributed by atoms with van der Waals surface area (Å²) in [5, 5.41) is 11.6. The molecule has 0 saturated heterocycles. The Kier molecular flexibility index (Phi) is 5.72. The van der Waals surface area contributed by atoms with Gasteiger partial charge in [-0.15, -0.1) is 0 Å². The summed E-state index contributed by atoms with van der Waals surface area (Å²) in [4.78, 5) is 17.5. The van der Waals surface area contributed by atoms with Gasteiger partial charge in [-0.25, -0.2) is 4.98 Å². The van der Waals surface area contributed by atoms with Gasteiger partial charge in [0.25, 0.3) is 0 Å². The highest BCUT2D eigenvalue weighted by Crippen LogP contribution is 2.25. The molecule has 0 spiro atoms. The first-order valence-electron chi connectivity index (χ1n) is 7.66. The number of nitrogens with zero attached hydrogens (tertiary/aromatic N) is 4. The number of anilines is 1. The number of imidazole rings is 1. The summed E-state index contributed by atoms with van der Waals surface area (Å²) in [5.41, 5.74) is 0.893. The Hall–Kier alpha value is -2.80. The van der Waals surface area contributed by atoms with Gasteiger partial charge in [0.15, 0.2) is 0 Å². The first-order chi connectivity index (χ1) is 12.1. The van der Waals surface area contributed by atoms with Crippen LogP contribution in [0.15, 0.2) is 16.8 Å². The van der Waals surface area contributed by atoms with E-state index >= 15 is 0 Å². The van der Waals surface area contributed by atoms with Gasteiger partial charge in [-0.05, 0) is 20.9 Å². The molecule has 0 bridgehead atoms. The Morgan fingerprint density at radius 2 is 2.15 bits per heavy atom. The van der Waals surface area contributed by atoms with E-state index in [-0.39, 0.29) is 30.4 Å². The van der Waals surface area contributed by atoms with Gasteiger partial charge in [0.2, 0.25) is 11.8 Å². The second-order valence-electron chi connectivity index (χ2n) is 5.91. The molecule has 140 valence electrons. The van der Waals surface area contributed by atoms with Crippen molar-refractivity contribution >= 4 is 11.8 Å². The molecule has 1 N–H and O–H groups in total. The number of hydrogen-bond acceptors (Lipinski definition) is 5. The van der Waals surface area contributed by atoms with E-state index in [1.165, 1.54) is 17.3 Å². The third-order valence-corrected chi connectivity index (χ3v) is 3.73. The number of nitrogens with one attached hydrogen (secondary N) is 1. The van der Waals surface area contributed by atoms with Crippen LogP contribution in [-0.4, -0.2) is 40.1 Å². The summed E-state index contributed by atoms with van der Waals surface area (Å²) >= 11 is 0. The number of amides is 1. The van der Waals surface area contributed by atoms with Gasteiger partial charge >= 0.3 is 6.18 Å². The monoisotopic (exact) mass is 369 g/mol. The molecule has 0 saturated carbocycles. The first kappa shape index (κ1) is 19.5. The Morgan fingerprint density at radius 1 is 1.46 bits per heavy atom. The highest BCUT2D eigenvalue weighted by molar-refractivity contribution is 5.92. The van der Waals surface area contributed by atoms with Crippen LogP contribution in [0.1, 0.15) is 22.7 Å². The summed E-state index contributed by atoms with van der Waals surface area (Å²) in [6.45, 7) is 2.19. The van der Waals surface area contributed by atoms with E-state index in [1.807, 2.05) is 6.07 Å². The summed E-state index contributed by atoms with van der Waals surface area (Å²) in [5.74, 6) is 0.338. The van der Waals surface area contributed by atoms with Crippen LogP contribution in [0.4, 0.5) is 19.1 Å². The number of furan rings is 1. The van der Waals surface area contributed by atoms with Crippen molar-refractivity contribution in [3.63, 3.8) is 0 Å². The van der Waals surface area contributed by atoms with Gasteiger partial charge in [0.1, 0.15) is 29.8 Å². The Balaban J connectivity index is 1.98. The van der Waals surface area contributed by atoms with Crippen LogP contribution in [0.2, 0.25) is 0 Å². The average molecular weight is 369 g/mol.